The maximum Gasteiger partial charge on any atom is 0.258 e. The Morgan fingerprint density at radius 3 is 2.32 bits per heavy atom. The predicted molar refractivity (Wildman–Crippen MR) is 106 cm³/mol. The number of nitrogens with zero attached hydrogens (tertiary/aromatic N) is 3. The second-order valence-electron chi connectivity index (χ2n) is 8.11. The van der Waals surface area contributed by atoms with E-state index in [0.717, 1.165) is 48.4 Å². The van der Waals surface area contributed by atoms with Gasteiger partial charge in [-0.25, -0.2) is 0 Å². The van der Waals surface area contributed by atoms with Crippen LogP contribution in [0, 0.1) is 23.7 Å². The first kappa shape index (κ1) is 18.2. The van der Waals surface area contributed by atoms with E-state index in [1.807, 2.05) is 18.2 Å². The number of carbonyl (C=O) groups excluding carboxylic acids is 2. The van der Waals surface area contributed by atoms with Crippen LogP contribution in [0.15, 0.2) is 36.4 Å². The van der Waals surface area contributed by atoms with Gasteiger partial charge in [-0.2, -0.15) is 5.06 Å². The van der Waals surface area contributed by atoms with E-state index in [-0.39, 0.29) is 35.5 Å². The molecule has 28 heavy (non-hydrogen) atoms. The van der Waals surface area contributed by atoms with Crippen LogP contribution in [0.3, 0.4) is 0 Å². The fourth-order valence-electron chi connectivity index (χ4n) is 5.17. The van der Waals surface area contributed by atoms with E-state index in [9.17, 15) is 9.59 Å². The zero-order chi connectivity index (χ0) is 19.3. The number of benzene rings is 1. The van der Waals surface area contributed by atoms with Crippen LogP contribution in [0.1, 0.15) is 6.42 Å². The molecular formula is C21H24ClN3O3. The fourth-order valence-corrected chi connectivity index (χ4v) is 5.35. The summed E-state index contributed by atoms with van der Waals surface area (Å²) in [6.07, 6.45) is 5.14. The molecule has 1 aromatic rings. The van der Waals surface area contributed by atoms with Gasteiger partial charge in [-0.3, -0.25) is 19.3 Å². The third-order valence-electron chi connectivity index (χ3n) is 6.60. The Hall–Kier alpha value is -1.89. The molecule has 0 spiro atoms. The molecule has 6 nitrogen and oxygen atoms in total. The van der Waals surface area contributed by atoms with Gasteiger partial charge in [0.2, 0.25) is 0 Å². The maximum absolute atomic E-state index is 12.6. The number of anilines is 1. The average molecular weight is 402 g/mol. The number of allylic oxidation sites excluding steroid dienone is 2. The molecule has 0 radical (unpaired) electrons. The van der Waals surface area contributed by atoms with Crippen LogP contribution >= 0.6 is 11.6 Å². The number of imide groups is 1. The Labute approximate surface area is 169 Å². The van der Waals surface area contributed by atoms with E-state index in [1.54, 1.807) is 0 Å². The first-order valence-electron chi connectivity index (χ1n) is 10.0. The zero-order valence-electron chi connectivity index (χ0n) is 15.7. The quantitative estimate of drug-likeness (QED) is 0.559. The molecule has 7 heteroatoms. The number of piperazine rings is 1. The van der Waals surface area contributed by atoms with Gasteiger partial charge in [0.05, 0.1) is 18.4 Å². The lowest BCUT2D eigenvalue weighted by Gasteiger charge is -2.36. The fraction of sp³-hybridized carbons (Fsp3) is 0.524. The number of hydroxylamine groups is 2. The first-order chi connectivity index (χ1) is 13.6. The highest BCUT2D eigenvalue weighted by molar-refractivity contribution is 6.30. The summed E-state index contributed by atoms with van der Waals surface area (Å²) < 4.78 is 0. The number of rotatable bonds is 5. The lowest BCUT2D eigenvalue weighted by Crippen LogP contribution is -2.48. The number of halogens is 1. The molecular weight excluding hydrogens is 378 g/mol. The summed E-state index contributed by atoms with van der Waals surface area (Å²) in [6.45, 7) is 4.73. The zero-order valence-corrected chi connectivity index (χ0v) is 16.4. The monoisotopic (exact) mass is 401 g/mol. The molecule has 4 aliphatic rings. The normalized spacial score (nSPS) is 31.9. The Bertz CT molecular complexity index is 791. The smallest absolute Gasteiger partial charge is 0.258 e. The van der Waals surface area contributed by atoms with Gasteiger partial charge < -0.3 is 4.90 Å². The average Bonchev–Trinajstić information content (AvgIpc) is 3.38. The van der Waals surface area contributed by atoms with Crippen LogP contribution < -0.4 is 4.90 Å². The lowest BCUT2D eigenvalue weighted by atomic mass is 9.85. The highest BCUT2D eigenvalue weighted by Crippen LogP contribution is 2.52. The molecule has 2 saturated heterocycles. The van der Waals surface area contributed by atoms with Crippen molar-refractivity contribution in [1.29, 1.82) is 0 Å². The minimum Gasteiger partial charge on any atom is -0.369 e. The van der Waals surface area contributed by atoms with Gasteiger partial charge in [-0.1, -0.05) is 29.8 Å². The summed E-state index contributed by atoms with van der Waals surface area (Å²) >= 11 is 6.09. The van der Waals surface area contributed by atoms with Crippen molar-refractivity contribution in [3.8, 4) is 0 Å². The van der Waals surface area contributed by atoms with E-state index in [1.165, 1.54) is 0 Å². The predicted octanol–water partition coefficient (Wildman–Crippen LogP) is 2.20. The molecule has 0 N–H and O–H groups in total. The van der Waals surface area contributed by atoms with Crippen molar-refractivity contribution in [2.45, 2.75) is 6.42 Å². The van der Waals surface area contributed by atoms with Gasteiger partial charge in [-0.15, -0.1) is 0 Å². The van der Waals surface area contributed by atoms with Crippen LogP contribution in [0.2, 0.25) is 5.02 Å². The van der Waals surface area contributed by atoms with Crippen molar-refractivity contribution in [2.75, 3.05) is 44.2 Å². The Kier molecular flexibility index (Phi) is 4.65. The molecule has 1 aromatic carbocycles. The van der Waals surface area contributed by atoms with Gasteiger partial charge in [0.15, 0.2) is 0 Å². The van der Waals surface area contributed by atoms with Crippen LogP contribution in [-0.2, 0) is 14.4 Å². The van der Waals surface area contributed by atoms with Gasteiger partial charge in [0, 0.05) is 43.4 Å². The largest absolute Gasteiger partial charge is 0.369 e. The SMILES string of the molecule is O=C1C2C(C(=O)N1OCCN1CCN(c3cccc(Cl)c3)CC1)[C@H]1C=C[C@@H]2C1. The van der Waals surface area contributed by atoms with Gasteiger partial charge in [-0.05, 0) is 36.5 Å². The van der Waals surface area contributed by atoms with Gasteiger partial charge >= 0.3 is 0 Å². The Balaban J connectivity index is 1.10. The first-order valence-corrected chi connectivity index (χ1v) is 10.4. The summed E-state index contributed by atoms with van der Waals surface area (Å²) in [6, 6.07) is 7.92. The topological polar surface area (TPSA) is 53.1 Å². The Morgan fingerprint density at radius 2 is 1.68 bits per heavy atom. The lowest BCUT2D eigenvalue weighted by molar-refractivity contribution is -0.191. The third-order valence-corrected chi connectivity index (χ3v) is 6.84. The van der Waals surface area contributed by atoms with E-state index in [4.69, 9.17) is 16.4 Å². The van der Waals surface area contributed by atoms with Crippen molar-refractivity contribution in [3.63, 3.8) is 0 Å². The van der Waals surface area contributed by atoms with Gasteiger partial charge in [0.1, 0.15) is 0 Å². The highest BCUT2D eigenvalue weighted by atomic mass is 35.5. The van der Waals surface area contributed by atoms with E-state index < -0.39 is 0 Å². The molecule has 4 atom stereocenters. The standard InChI is InChI=1S/C21H24ClN3O3/c22-16-2-1-3-17(13-16)24-8-6-23(7-9-24)10-11-28-25-20(26)18-14-4-5-15(12-14)19(18)21(25)27/h1-5,13-15,18-19H,6-12H2/t14-,15+,18?,19?. The third kappa shape index (κ3) is 3.04. The van der Waals surface area contributed by atoms with Crippen LogP contribution in [0.5, 0.6) is 0 Å². The second-order valence-corrected chi connectivity index (χ2v) is 8.55. The summed E-state index contributed by atoms with van der Waals surface area (Å²) in [5.41, 5.74) is 1.14. The van der Waals surface area contributed by atoms with Crippen LogP contribution in [0.25, 0.3) is 0 Å². The molecule has 2 amide bonds. The molecule has 2 aliphatic heterocycles. The van der Waals surface area contributed by atoms with Crippen molar-refractivity contribution in [2.24, 2.45) is 23.7 Å². The number of amides is 2. The Morgan fingerprint density at radius 1 is 1.00 bits per heavy atom. The van der Waals surface area contributed by atoms with E-state index in [0.29, 0.717) is 13.2 Å². The maximum atomic E-state index is 12.6. The molecule has 0 aromatic heterocycles. The summed E-state index contributed by atoms with van der Waals surface area (Å²) in [5.74, 6) is -0.220. The highest BCUT2D eigenvalue weighted by Gasteiger charge is 2.60. The summed E-state index contributed by atoms with van der Waals surface area (Å²) in [7, 11) is 0. The summed E-state index contributed by atoms with van der Waals surface area (Å²) in [5, 5.41) is 1.81. The summed E-state index contributed by atoms with van der Waals surface area (Å²) in [4.78, 5) is 35.5. The van der Waals surface area contributed by atoms with Gasteiger partial charge in [0.25, 0.3) is 11.8 Å². The molecule has 2 unspecified atom stereocenters. The van der Waals surface area contributed by atoms with Crippen LogP contribution in [-0.4, -0.2) is 61.1 Å². The molecule has 2 aliphatic carbocycles. The van der Waals surface area contributed by atoms with E-state index in [2.05, 4.69) is 28.0 Å². The van der Waals surface area contributed by atoms with Crippen molar-refractivity contribution >= 4 is 29.1 Å². The molecule has 3 fully saturated rings. The van der Waals surface area contributed by atoms with Crippen molar-refractivity contribution in [1.82, 2.24) is 9.96 Å². The van der Waals surface area contributed by atoms with Crippen molar-refractivity contribution < 1.29 is 14.4 Å². The molecule has 5 rings (SSSR count). The number of hydrogen-bond acceptors (Lipinski definition) is 5. The minimum atomic E-state index is -0.191. The molecule has 148 valence electrons. The number of hydrogen-bond donors (Lipinski definition) is 0. The van der Waals surface area contributed by atoms with Crippen LogP contribution in [0.4, 0.5) is 5.69 Å². The van der Waals surface area contributed by atoms with Crippen molar-refractivity contribution in [3.05, 3.63) is 41.4 Å². The van der Waals surface area contributed by atoms with E-state index >= 15 is 0 Å². The molecule has 2 bridgehead atoms. The number of fused-ring (bicyclic) bond motifs is 5. The number of carbonyl (C=O) groups is 2. The molecule has 2 heterocycles. The second kappa shape index (κ2) is 7.17. The minimum absolute atomic E-state index is 0.141. The molecule has 1 saturated carbocycles.